The van der Waals surface area contributed by atoms with E-state index in [0.29, 0.717) is 0 Å². The van der Waals surface area contributed by atoms with Crippen LogP contribution in [0.5, 0.6) is 5.75 Å². The van der Waals surface area contributed by atoms with Gasteiger partial charge in [0.1, 0.15) is 11.6 Å². The van der Waals surface area contributed by atoms with E-state index in [4.69, 9.17) is 4.74 Å². The topological polar surface area (TPSA) is 27.1 Å². The van der Waals surface area contributed by atoms with E-state index in [1.165, 1.54) is 5.56 Å². The van der Waals surface area contributed by atoms with Crippen molar-refractivity contribution in [3.63, 3.8) is 0 Å². The number of aromatic nitrogens is 2. The second-order valence-corrected chi connectivity index (χ2v) is 3.64. The third kappa shape index (κ3) is 2.08. The SMILES string of the molecule is CCc1nccn1Cc1ccccc1OC. The van der Waals surface area contributed by atoms with Gasteiger partial charge in [0.05, 0.1) is 13.7 Å². The molecule has 2 rings (SSSR count). The Balaban J connectivity index is 2.26. The molecule has 1 heterocycles. The zero-order valence-electron chi connectivity index (χ0n) is 9.68. The van der Waals surface area contributed by atoms with Gasteiger partial charge in [0.25, 0.3) is 0 Å². The number of rotatable bonds is 4. The van der Waals surface area contributed by atoms with Gasteiger partial charge in [0.2, 0.25) is 0 Å². The number of nitrogens with zero attached hydrogens (tertiary/aromatic N) is 2. The average molecular weight is 216 g/mol. The highest BCUT2D eigenvalue weighted by Crippen LogP contribution is 2.18. The van der Waals surface area contributed by atoms with Crippen molar-refractivity contribution in [3.8, 4) is 5.75 Å². The van der Waals surface area contributed by atoms with Crippen LogP contribution in [-0.2, 0) is 13.0 Å². The third-order valence-electron chi connectivity index (χ3n) is 2.65. The predicted octanol–water partition coefficient (Wildman–Crippen LogP) is 2.50. The summed E-state index contributed by atoms with van der Waals surface area (Å²) in [7, 11) is 1.70. The Hall–Kier alpha value is -1.77. The van der Waals surface area contributed by atoms with Crippen molar-refractivity contribution >= 4 is 0 Å². The van der Waals surface area contributed by atoms with Crippen molar-refractivity contribution in [1.29, 1.82) is 0 Å². The lowest BCUT2D eigenvalue weighted by atomic mass is 10.2. The molecule has 0 saturated heterocycles. The largest absolute Gasteiger partial charge is 0.496 e. The molecule has 0 aliphatic heterocycles. The van der Waals surface area contributed by atoms with Gasteiger partial charge in [-0.25, -0.2) is 4.98 Å². The van der Waals surface area contributed by atoms with Gasteiger partial charge in [-0.05, 0) is 6.07 Å². The maximum absolute atomic E-state index is 5.33. The van der Waals surface area contributed by atoms with Crippen molar-refractivity contribution in [2.75, 3.05) is 7.11 Å². The summed E-state index contributed by atoms with van der Waals surface area (Å²) in [6.45, 7) is 2.92. The minimum Gasteiger partial charge on any atom is -0.496 e. The van der Waals surface area contributed by atoms with Crippen molar-refractivity contribution in [2.24, 2.45) is 0 Å². The maximum Gasteiger partial charge on any atom is 0.123 e. The molecule has 0 amide bonds. The van der Waals surface area contributed by atoms with E-state index >= 15 is 0 Å². The van der Waals surface area contributed by atoms with Gasteiger partial charge >= 0.3 is 0 Å². The van der Waals surface area contributed by atoms with Crippen LogP contribution in [0.3, 0.4) is 0 Å². The number of hydrogen-bond acceptors (Lipinski definition) is 2. The minimum atomic E-state index is 0.813. The van der Waals surface area contributed by atoms with Crippen LogP contribution in [0.2, 0.25) is 0 Å². The van der Waals surface area contributed by atoms with E-state index in [1.807, 2.05) is 30.6 Å². The first-order valence-corrected chi connectivity index (χ1v) is 5.47. The molecule has 0 N–H and O–H groups in total. The quantitative estimate of drug-likeness (QED) is 0.785. The fourth-order valence-electron chi connectivity index (χ4n) is 1.82. The zero-order valence-corrected chi connectivity index (χ0v) is 9.68. The van der Waals surface area contributed by atoms with E-state index in [2.05, 4.69) is 22.5 Å². The molecule has 0 fully saturated rings. The smallest absolute Gasteiger partial charge is 0.123 e. The Morgan fingerprint density at radius 2 is 2.12 bits per heavy atom. The van der Waals surface area contributed by atoms with E-state index in [1.54, 1.807) is 7.11 Å². The zero-order chi connectivity index (χ0) is 11.4. The van der Waals surface area contributed by atoms with Gasteiger partial charge in [0.15, 0.2) is 0 Å². The first kappa shape index (κ1) is 10.7. The number of para-hydroxylation sites is 1. The normalized spacial score (nSPS) is 10.4. The lowest BCUT2D eigenvalue weighted by Crippen LogP contribution is -2.04. The van der Waals surface area contributed by atoms with Gasteiger partial charge in [-0.15, -0.1) is 0 Å². The van der Waals surface area contributed by atoms with Crippen LogP contribution in [0, 0.1) is 0 Å². The van der Waals surface area contributed by atoms with Crippen LogP contribution in [0.15, 0.2) is 36.7 Å². The Morgan fingerprint density at radius 3 is 2.88 bits per heavy atom. The summed E-state index contributed by atoms with van der Waals surface area (Å²) < 4.78 is 7.48. The molecule has 84 valence electrons. The molecule has 3 nitrogen and oxygen atoms in total. The van der Waals surface area contributed by atoms with Crippen molar-refractivity contribution in [3.05, 3.63) is 48.0 Å². The third-order valence-corrected chi connectivity index (χ3v) is 2.65. The molecule has 0 radical (unpaired) electrons. The number of imidazole rings is 1. The second-order valence-electron chi connectivity index (χ2n) is 3.64. The van der Waals surface area contributed by atoms with Crippen molar-refractivity contribution in [2.45, 2.75) is 19.9 Å². The van der Waals surface area contributed by atoms with Crippen molar-refractivity contribution in [1.82, 2.24) is 9.55 Å². The standard InChI is InChI=1S/C13H16N2O/c1-3-13-14-8-9-15(13)10-11-6-4-5-7-12(11)16-2/h4-9H,3,10H2,1-2H3. The fraction of sp³-hybridized carbons (Fsp3) is 0.308. The molecule has 0 atom stereocenters. The second kappa shape index (κ2) is 4.84. The van der Waals surface area contributed by atoms with Gasteiger partial charge in [0, 0.05) is 24.4 Å². The Kier molecular flexibility index (Phi) is 3.25. The summed E-state index contributed by atoms with van der Waals surface area (Å²) in [4.78, 5) is 4.31. The first-order valence-electron chi connectivity index (χ1n) is 5.47. The summed E-state index contributed by atoms with van der Waals surface area (Å²) >= 11 is 0. The minimum absolute atomic E-state index is 0.813. The number of benzene rings is 1. The molecule has 0 unspecified atom stereocenters. The van der Waals surface area contributed by atoms with E-state index in [-0.39, 0.29) is 0 Å². The molecule has 0 bridgehead atoms. The summed E-state index contributed by atoms with van der Waals surface area (Å²) in [5, 5.41) is 0. The number of methoxy groups -OCH3 is 1. The fourth-order valence-corrected chi connectivity index (χ4v) is 1.82. The molecule has 2 aromatic rings. The van der Waals surface area contributed by atoms with Crippen LogP contribution < -0.4 is 4.74 Å². The van der Waals surface area contributed by atoms with Gasteiger partial charge < -0.3 is 9.30 Å². The Labute approximate surface area is 95.7 Å². The average Bonchev–Trinajstić information content (AvgIpc) is 2.77. The first-order chi connectivity index (χ1) is 7.85. The van der Waals surface area contributed by atoms with E-state index in [9.17, 15) is 0 Å². The summed E-state index contributed by atoms with van der Waals surface area (Å²) in [5.74, 6) is 2.03. The maximum atomic E-state index is 5.33. The van der Waals surface area contributed by atoms with Crippen LogP contribution in [0.1, 0.15) is 18.3 Å². The van der Waals surface area contributed by atoms with Gasteiger partial charge in [-0.1, -0.05) is 25.1 Å². The Morgan fingerprint density at radius 1 is 1.31 bits per heavy atom. The molecule has 0 saturated carbocycles. The molecular formula is C13H16N2O. The van der Waals surface area contributed by atoms with E-state index in [0.717, 1.165) is 24.5 Å². The van der Waals surface area contributed by atoms with Gasteiger partial charge in [-0.3, -0.25) is 0 Å². The molecule has 16 heavy (non-hydrogen) atoms. The summed E-state index contributed by atoms with van der Waals surface area (Å²) in [6.07, 6.45) is 4.79. The number of ether oxygens (including phenoxy) is 1. The van der Waals surface area contributed by atoms with Crippen LogP contribution in [0.25, 0.3) is 0 Å². The monoisotopic (exact) mass is 216 g/mol. The molecule has 1 aromatic heterocycles. The highest BCUT2D eigenvalue weighted by Gasteiger charge is 2.05. The van der Waals surface area contributed by atoms with Gasteiger partial charge in [-0.2, -0.15) is 0 Å². The molecule has 0 spiro atoms. The van der Waals surface area contributed by atoms with Crippen molar-refractivity contribution < 1.29 is 4.74 Å². The Bertz CT molecular complexity index is 462. The highest BCUT2D eigenvalue weighted by molar-refractivity contribution is 5.33. The summed E-state index contributed by atoms with van der Waals surface area (Å²) in [6, 6.07) is 8.08. The summed E-state index contributed by atoms with van der Waals surface area (Å²) in [5.41, 5.74) is 1.18. The predicted molar refractivity (Wildman–Crippen MR) is 63.7 cm³/mol. The highest BCUT2D eigenvalue weighted by atomic mass is 16.5. The molecular weight excluding hydrogens is 200 g/mol. The van der Waals surface area contributed by atoms with E-state index < -0.39 is 0 Å². The molecule has 1 aromatic carbocycles. The number of hydrogen-bond donors (Lipinski definition) is 0. The molecule has 3 heteroatoms. The van der Waals surface area contributed by atoms with Crippen LogP contribution in [0.4, 0.5) is 0 Å². The van der Waals surface area contributed by atoms with Crippen LogP contribution >= 0.6 is 0 Å². The van der Waals surface area contributed by atoms with Crippen LogP contribution in [-0.4, -0.2) is 16.7 Å². The molecule has 0 aliphatic rings. The lowest BCUT2D eigenvalue weighted by Gasteiger charge is -2.10. The lowest BCUT2D eigenvalue weighted by molar-refractivity contribution is 0.408. The molecule has 0 aliphatic carbocycles. The number of aryl methyl sites for hydroxylation is 1.